The molecule has 0 radical (unpaired) electrons. The van der Waals surface area contributed by atoms with Crippen molar-refractivity contribution in [2.24, 2.45) is 0 Å². The van der Waals surface area contributed by atoms with E-state index in [2.05, 4.69) is 14.9 Å². The maximum atomic E-state index is 12.5. The number of aromatic nitrogens is 2. The molecule has 22 heavy (non-hydrogen) atoms. The number of hydrogen-bond acceptors (Lipinski definition) is 4. The standard InChI is InChI=1S/C14H14ClN3O3S/c1-2-3-10-7-14(17-21-10)18-22(19,20)13-8-16-12-6-9(15)4-5-11(12)13/h4-8,16H,2-3H2,1H3,(H,17,18). The predicted molar refractivity (Wildman–Crippen MR) is 84.6 cm³/mol. The van der Waals surface area contributed by atoms with Crippen molar-refractivity contribution in [1.29, 1.82) is 0 Å². The van der Waals surface area contributed by atoms with Crippen molar-refractivity contribution >= 4 is 38.3 Å². The Labute approximate surface area is 132 Å². The molecule has 2 N–H and O–H groups in total. The van der Waals surface area contributed by atoms with Crippen LogP contribution in [0.2, 0.25) is 5.02 Å². The molecule has 8 heteroatoms. The fourth-order valence-electron chi connectivity index (χ4n) is 2.21. The van der Waals surface area contributed by atoms with Crippen LogP contribution in [0.25, 0.3) is 10.9 Å². The highest BCUT2D eigenvalue weighted by atomic mass is 35.5. The number of benzene rings is 1. The number of sulfonamides is 1. The van der Waals surface area contributed by atoms with E-state index in [1.807, 2.05) is 6.92 Å². The molecular weight excluding hydrogens is 326 g/mol. The van der Waals surface area contributed by atoms with Crippen molar-refractivity contribution in [3.63, 3.8) is 0 Å². The van der Waals surface area contributed by atoms with Crippen molar-refractivity contribution in [2.45, 2.75) is 24.7 Å². The molecule has 116 valence electrons. The van der Waals surface area contributed by atoms with E-state index in [1.54, 1.807) is 24.3 Å². The molecule has 3 rings (SSSR count). The van der Waals surface area contributed by atoms with Gasteiger partial charge in [-0.2, -0.15) is 0 Å². The van der Waals surface area contributed by atoms with Crippen LogP contribution >= 0.6 is 11.6 Å². The fourth-order valence-corrected chi connectivity index (χ4v) is 3.55. The van der Waals surface area contributed by atoms with Gasteiger partial charge >= 0.3 is 0 Å². The van der Waals surface area contributed by atoms with Gasteiger partial charge in [0.15, 0.2) is 5.82 Å². The fraction of sp³-hybridized carbons (Fsp3) is 0.214. The lowest BCUT2D eigenvalue weighted by Crippen LogP contribution is -2.12. The van der Waals surface area contributed by atoms with Gasteiger partial charge in [-0.1, -0.05) is 23.7 Å². The van der Waals surface area contributed by atoms with Gasteiger partial charge in [0.2, 0.25) is 0 Å². The Morgan fingerprint density at radius 2 is 2.18 bits per heavy atom. The first kappa shape index (κ1) is 14.9. The Kier molecular flexibility index (Phi) is 3.84. The first-order chi connectivity index (χ1) is 10.5. The van der Waals surface area contributed by atoms with Crippen molar-refractivity contribution in [3.8, 4) is 0 Å². The molecule has 3 aromatic rings. The van der Waals surface area contributed by atoms with Crippen LogP contribution in [0.5, 0.6) is 0 Å². The number of aromatic amines is 1. The van der Waals surface area contributed by atoms with E-state index >= 15 is 0 Å². The second-order valence-electron chi connectivity index (χ2n) is 4.88. The summed E-state index contributed by atoms with van der Waals surface area (Å²) in [7, 11) is -3.76. The van der Waals surface area contributed by atoms with Gasteiger partial charge in [-0.15, -0.1) is 0 Å². The SMILES string of the molecule is CCCc1cc(NS(=O)(=O)c2c[nH]c3cc(Cl)ccc23)no1. The van der Waals surface area contributed by atoms with Crippen molar-refractivity contribution in [3.05, 3.63) is 41.2 Å². The Hall–Kier alpha value is -1.99. The molecule has 0 aliphatic carbocycles. The summed E-state index contributed by atoms with van der Waals surface area (Å²) in [6.45, 7) is 2.00. The van der Waals surface area contributed by atoms with E-state index in [0.29, 0.717) is 28.1 Å². The lowest BCUT2D eigenvalue weighted by molar-refractivity contribution is 0.385. The first-order valence-corrected chi connectivity index (χ1v) is 8.61. The molecule has 2 aromatic heterocycles. The Morgan fingerprint density at radius 3 is 2.95 bits per heavy atom. The topological polar surface area (TPSA) is 88.0 Å². The first-order valence-electron chi connectivity index (χ1n) is 6.74. The lowest BCUT2D eigenvalue weighted by atomic mass is 10.2. The zero-order chi connectivity index (χ0) is 15.7. The third kappa shape index (κ3) is 2.82. The normalized spacial score (nSPS) is 11.9. The number of halogens is 1. The number of aryl methyl sites for hydroxylation is 1. The van der Waals surface area contributed by atoms with Crippen molar-refractivity contribution in [1.82, 2.24) is 10.1 Å². The molecule has 6 nitrogen and oxygen atoms in total. The minimum atomic E-state index is -3.76. The van der Waals surface area contributed by atoms with E-state index in [0.717, 1.165) is 6.42 Å². The zero-order valence-corrected chi connectivity index (χ0v) is 13.3. The summed E-state index contributed by atoms with van der Waals surface area (Å²) >= 11 is 5.90. The van der Waals surface area contributed by atoms with Crippen LogP contribution in [-0.2, 0) is 16.4 Å². The van der Waals surface area contributed by atoms with E-state index < -0.39 is 10.0 Å². The lowest BCUT2D eigenvalue weighted by Gasteiger charge is -2.03. The molecule has 0 unspecified atom stereocenters. The van der Waals surface area contributed by atoms with E-state index in [-0.39, 0.29) is 10.7 Å². The summed E-state index contributed by atoms with van der Waals surface area (Å²) in [5, 5.41) is 4.83. The van der Waals surface area contributed by atoms with Crippen LogP contribution in [0.15, 0.2) is 39.9 Å². The van der Waals surface area contributed by atoms with Crippen LogP contribution in [0.4, 0.5) is 5.82 Å². The van der Waals surface area contributed by atoms with Crippen LogP contribution < -0.4 is 4.72 Å². The molecule has 0 aliphatic heterocycles. The molecular formula is C14H14ClN3O3S. The van der Waals surface area contributed by atoms with Crippen LogP contribution in [0, 0.1) is 0 Å². The number of nitrogens with one attached hydrogen (secondary N) is 2. The number of anilines is 1. The molecule has 0 bridgehead atoms. The summed E-state index contributed by atoms with van der Waals surface area (Å²) in [5.74, 6) is 0.817. The van der Waals surface area contributed by atoms with Crippen molar-refractivity contribution in [2.75, 3.05) is 4.72 Å². The van der Waals surface area contributed by atoms with Crippen LogP contribution in [0.1, 0.15) is 19.1 Å². The number of nitrogens with zero attached hydrogens (tertiary/aromatic N) is 1. The monoisotopic (exact) mass is 339 g/mol. The molecule has 1 aromatic carbocycles. The Balaban J connectivity index is 1.93. The zero-order valence-electron chi connectivity index (χ0n) is 11.8. The average molecular weight is 340 g/mol. The van der Waals surface area contributed by atoms with Gasteiger partial charge in [-0.05, 0) is 24.6 Å². The van der Waals surface area contributed by atoms with Gasteiger partial charge in [-0.3, -0.25) is 4.72 Å². The minimum absolute atomic E-state index is 0.138. The van der Waals surface area contributed by atoms with Gasteiger partial charge in [0.25, 0.3) is 10.0 Å². The molecule has 0 aliphatic rings. The highest BCUT2D eigenvalue weighted by Gasteiger charge is 2.20. The van der Waals surface area contributed by atoms with Gasteiger partial charge < -0.3 is 9.51 Å². The maximum absolute atomic E-state index is 12.5. The Bertz CT molecular complexity index is 914. The molecule has 0 spiro atoms. The van der Waals surface area contributed by atoms with Crippen molar-refractivity contribution < 1.29 is 12.9 Å². The Morgan fingerprint density at radius 1 is 1.36 bits per heavy atom. The highest BCUT2D eigenvalue weighted by molar-refractivity contribution is 7.93. The number of H-pyrrole nitrogens is 1. The smallest absolute Gasteiger partial charge is 0.265 e. The van der Waals surface area contributed by atoms with Crippen LogP contribution in [0.3, 0.4) is 0 Å². The number of rotatable bonds is 5. The molecule has 2 heterocycles. The minimum Gasteiger partial charge on any atom is -0.360 e. The largest absolute Gasteiger partial charge is 0.360 e. The molecule has 0 saturated carbocycles. The van der Waals surface area contributed by atoms with Gasteiger partial charge in [0.05, 0.1) is 0 Å². The molecule has 0 atom stereocenters. The maximum Gasteiger partial charge on any atom is 0.265 e. The summed E-state index contributed by atoms with van der Waals surface area (Å²) in [6, 6.07) is 6.57. The second-order valence-corrected chi connectivity index (χ2v) is 6.96. The van der Waals surface area contributed by atoms with Gasteiger partial charge in [0, 0.05) is 34.6 Å². The molecule has 0 saturated heterocycles. The summed E-state index contributed by atoms with van der Waals surface area (Å²) in [6.07, 6.45) is 3.03. The summed E-state index contributed by atoms with van der Waals surface area (Å²) in [4.78, 5) is 3.04. The summed E-state index contributed by atoms with van der Waals surface area (Å²) in [5.41, 5.74) is 0.652. The average Bonchev–Trinajstić information content (AvgIpc) is 3.05. The van der Waals surface area contributed by atoms with Gasteiger partial charge in [0.1, 0.15) is 10.7 Å². The third-order valence-electron chi connectivity index (χ3n) is 3.19. The number of hydrogen-bond donors (Lipinski definition) is 2. The highest BCUT2D eigenvalue weighted by Crippen LogP contribution is 2.27. The van der Waals surface area contributed by atoms with E-state index in [4.69, 9.17) is 16.1 Å². The second kappa shape index (κ2) is 5.66. The third-order valence-corrected chi connectivity index (χ3v) is 4.82. The van der Waals surface area contributed by atoms with Gasteiger partial charge in [-0.25, -0.2) is 8.42 Å². The molecule has 0 amide bonds. The van der Waals surface area contributed by atoms with Crippen LogP contribution in [-0.4, -0.2) is 18.6 Å². The summed E-state index contributed by atoms with van der Waals surface area (Å²) < 4.78 is 32.5. The predicted octanol–water partition coefficient (Wildman–Crippen LogP) is 3.56. The quantitative estimate of drug-likeness (QED) is 0.743. The number of fused-ring (bicyclic) bond motifs is 1. The molecule has 0 fully saturated rings. The van der Waals surface area contributed by atoms with E-state index in [9.17, 15) is 8.42 Å². The van der Waals surface area contributed by atoms with E-state index in [1.165, 1.54) is 6.20 Å².